The molecule has 23 heavy (non-hydrogen) atoms. The van der Waals surface area contributed by atoms with E-state index in [2.05, 4.69) is 41.7 Å². The Morgan fingerprint density at radius 3 is 2.22 bits per heavy atom. The van der Waals surface area contributed by atoms with Crippen LogP contribution in [0.15, 0.2) is 84.9 Å². The third kappa shape index (κ3) is 4.69. The molecule has 0 fully saturated rings. The van der Waals surface area contributed by atoms with E-state index < -0.39 is 0 Å². The molecule has 0 radical (unpaired) electrons. The first-order valence-corrected chi connectivity index (χ1v) is 9.63. The fourth-order valence-corrected chi connectivity index (χ4v) is 4.45. The normalized spacial score (nSPS) is 11.9. The summed E-state index contributed by atoms with van der Waals surface area (Å²) in [6.07, 6.45) is 0. The summed E-state index contributed by atoms with van der Waals surface area (Å²) in [6, 6.07) is 27.7. The third-order valence-corrected chi connectivity index (χ3v) is 5.85. The minimum atomic E-state index is -0.213. The van der Waals surface area contributed by atoms with Crippen LogP contribution in [-0.4, -0.2) is 15.0 Å². The molecule has 0 amide bonds. The molecule has 3 aromatic rings. The summed E-state index contributed by atoms with van der Waals surface area (Å²) < 4.78 is 14.8. The van der Waals surface area contributed by atoms with Crippen molar-refractivity contribution in [2.24, 2.45) is 0 Å². The van der Waals surface area contributed by atoms with Gasteiger partial charge in [-0.3, -0.25) is 0 Å². The van der Waals surface area contributed by atoms with Gasteiger partial charge in [-0.05, 0) is 0 Å². The van der Waals surface area contributed by atoms with Gasteiger partial charge in [-0.15, -0.1) is 0 Å². The molecule has 1 unspecified atom stereocenters. The Morgan fingerprint density at radius 1 is 0.826 bits per heavy atom. The Bertz CT molecular complexity index is 731. The number of hydrogen-bond donors (Lipinski definition) is 1. The van der Waals surface area contributed by atoms with Gasteiger partial charge in [0.1, 0.15) is 0 Å². The van der Waals surface area contributed by atoms with Crippen molar-refractivity contribution >= 4 is 25.1 Å². The molecule has 0 aliphatic rings. The van der Waals surface area contributed by atoms with Gasteiger partial charge in [-0.2, -0.15) is 0 Å². The second-order valence-electron chi connectivity index (χ2n) is 5.24. The monoisotopic (exact) mass is 371 g/mol. The summed E-state index contributed by atoms with van der Waals surface area (Å²) in [6.45, 7) is 0. The number of anilines is 1. The van der Waals surface area contributed by atoms with Crippen LogP contribution in [0.2, 0.25) is 5.32 Å². The van der Waals surface area contributed by atoms with E-state index in [1.165, 1.54) is 16.1 Å². The van der Waals surface area contributed by atoms with Crippen molar-refractivity contribution in [1.82, 2.24) is 0 Å². The SMILES string of the molecule is Fc1cccc(NC(C[Se]c2ccccc2)c2ccccc2)c1. The topological polar surface area (TPSA) is 12.0 Å². The van der Waals surface area contributed by atoms with Crippen molar-refractivity contribution in [3.8, 4) is 0 Å². The van der Waals surface area contributed by atoms with E-state index in [4.69, 9.17) is 0 Å². The summed E-state index contributed by atoms with van der Waals surface area (Å²) in [5.41, 5.74) is 2.05. The summed E-state index contributed by atoms with van der Waals surface area (Å²) in [4.78, 5) is 0. The predicted octanol–water partition coefficient (Wildman–Crippen LogP) is 4.43. The van der Waals surface area contributed by atoms with Gasteiger partial charge in [0.25, 0.3) is 0 Å². The predicted molar refractivity (Wildman–Crippen MR) is 95.8 cm³/mol. The Balaban J connectivity index is 1.76. The molecule has 0 heterocycles. The van der Waals surface area contributed by atoms with Crippen molar-refractivity contribution in [3.05, 3.63) is 96.3 Å². The molecular formula is C20H18FNSe. The standard InChI is InChI=1S/C20H18FNSe/c21-17-10-7-11-18(14-17)22-20(16-8-3-1-4-9-16)15-23-19-12-5-2-6-13-19/h1-14,20,22H,15H2. The van der Waals surface area contributed by atoms with Crippen molar-refractivity contribution in [2.75, 3.05) is 5.32 Å². The van der Waals surface area contributed by atoms with Crippen LogP contribution >= 0.6 is 0 Å². The van der Waals surface area contributed by atoms with E-state index in [1.807, 2.05) is 30.3 Å². The van der Waals surface area contributed by atoms with E-state index >= 15 is 0 Å². The molecule has 0 saturated heterocycles. The van der Waals surface area contributed by atoms with E-state index in [0.717, 1.165) is 11.0 Å². The van der Waals surface area contributed by atoms with Crippen molar-refractivity contribution < 1.29 is 4.39 Å². The zero-order valence-electron chi connectivity index (χ0n) is 12.7. The molecule has 0 saturated carbocycles. The van der Waals surface area contributed by atoms with Gasteiger partial charge in [0.05, 0.1) is 0 Å². The number of hydrogen-bond acceptors (Lipinski definition) is 1. The minimum absolute atomic E-state index is 0.179. The van der Waals surface area contributed by atoms with Crippen LogP contribution < -0.4 is 9.78 Å². The van der Waals surface area contributed by atoms with Gasteiger partial charge in [0.2, 0.25) is 0 Å². The van der Waals surface area contributed by atoms with Crippen molar-refractivity contribution in [2.45, 2.75) is 11.4 Å². The number of benzene rings is 3. The van der Waals surface area contributed by atoms with Crippen LogP contribution in [0, 0.1) is 5.82 Å². The Hall–Kier alpha value is -2.09. The van der Waals surface area contributed by atoms with Crippen LogP contribution in [0.4, 0.5) is 10.1 Å². The van der Waals surface area contributed by atoms with E-state index in [9.17, 15) is 4.39 Å². The molecule has 1 N–H and O–H groups in total. The average molecular weight is 370 g/mol. The molecule has 0 aromatic heterocycles. The molecule has 3 heteroatoms. The first-order chi connectivity index (χ1) is 11.3. The number of halogens is 1. The molecule has 0 bridgehead atoms. The maximum absolute atomic E-state index is 13.4. The molecule has 1 nitrogen and oxygen atoms in total. The first-order valence-electron chi connectivity index (χ1n) is 7.56. The fourth-order valence-electron chi connectivity index (χ4n) is 2.38. The Labute approximate surface area is 142 Å². The van der Waals surface area contributed by atoms with Crippen LogP contribution in [0.3, 0.4) is 0 Å². The molecule has 1 atom stereocenters. The average Bonchev–Trinajstić information content (AvgIpc) is 2.60. The third-order valence-electron chi connectivity index (χ3n) is 3.53. The van der Waals surface area contributed by atoms with Gasteiger partial charge < -0.3 is 0 Å². The summed E-state index contributed by atoms with van der Waals surface area (Å²) in [5, 5.41) is 4.49. The van der Waals surface area contributed by atoms with Crippen LogP contribution in [0.25, 0.3) is 0 Å². The van der Waals surface area contributed by atoms with Gasteiger partial charge in [-0.25, -0.2) is 0 Å². The van der Waals surface area contributed by atoms with Crippen molar-refractivity contribution in [3.63, 3.8) is 0 Å². The van der Waals surface area contributed by atoms with E-state index in [0.29, 0.717) is 15.0 Å². The van der Waals surface area contributed by atoms with Crippen LogP contribution in [0.5, 0.6) is 0 Å². The summed E-state index contributed by atoms with van der Waals surface area (Å²) in [5.74, 6) is -0.213. The molecule has 3 aromatic carbocycles. The zero-order chi connectivity index (χ0) is 15.9. The molecule has 116 valence electrons. The summed E-state index contributed by atoms with van der Waals surface area (Å²) >= 11 is 0.363. The van der Waals surface area contributed by atoms with Crippen LogP contribution in [-0.2, 0) is 0 Å². The maximum atomic E-state index is 13.4. The van der Waals surface area contributed by atoms with Gasteiger partial charge in [-0.1, -0.05) is 0 Å². The van der Waals surface area contributed by atoms with Crippen LogP contribution in [0.1, 0.15) is 11.6 Å². The first kappa shape index (κ1) is 15.8. The summed E-state index contributed by atoms with van der Waals surface area (Å²) in [7, 11) is 0. The van der Waals surface area contributed by atoms with Gasteiger partial charge in [0.15, 0.2) is 0 Å². The van der Waals surface area contributed by atoms with E-state index in [-0.39, 0.29) is 11.9 Å². The van der Waals surface area contributed by atoms with E-state index in [1.54, 1.807) is 12.1 Å². The number of rotatable bonds is 6. The van der Waals surface area contributed by atoms with Gasteiger partial charge in [0, 0.05) is 0 Å². The van der Waals surface area contributed by atoms with Gasteiger partial charge >= 0.3 is 142 Å². The molecule has 3 rings (SSSR count). The molecule has 0 aliphatic carbocycles. The Morgan fingerprint density at radius 2 is 1.52 bits per heavy atom. The second kappa shape index (κ2) is 7.96. The molecular weight excluding hydrogens is 352 g/mol. The Kier molecular flexibility index (Phi) is 5.46. The van der Waals surface area contributed by atoms with Crippen molar-refractivity contribution in [1.29, 1.82) is 0 Å². The number of nitrogens with one attached hydrogen (secondary N) is 1. The molecule has 0 spiro atoms. The second-order valence-corrected chi connectivity index (χ2v) is 7.54. The molecule has 0 aliphatic heterocycles. The quantitative estimate of drug-likeness (QED) is 0.633. The fraction of sp³-hybridized carbons (Fsp3) is 0.100. The zero-order valence-corrected chi connectivity index (χ0v) is 14.4.